The number of hydrogen-bond donors (Lipinski definition) is 0. The molecule has 5 rings (SSSR count). The van der Waals surface area contributed by atoms with Gasteiger partial charge in [0.2, 0.25) is 0 Å². The van der Waals surface area contributed by atoms with Crippen LogP contribution in [0.2, 0.25) is 17.3 Å². The van der Waals surface area contributed by atoms with Gasteiger partial charge in [0.1, 0.15) is 0 Å². The van der Waals surface area contributed by atoms with Gasteiger partial charge in [-0.2, -0.15) is 0 Å². The van der Waals surface area contributed by atoms with Gasteiger partial charge in [-0.15, -0.1) is 0 Å². The van der Waals surface area contributed by atoms with Crippen LogP contribution < -0.4 is 8.96 Å². The Labute approximate surface area is 197 Å². The number of pyridine rings is 1. The first-order valence-electron chi connectivity index (χ1n) is 11.2. The summed E-state index contributed by atoms with van der Waals surface area (Å²) < 4.78 is 10.2. The van der Waals surface area contributed by atoms with Gasteiger partial charge in [0.05, 0.1) is 0 Å². The first kappa shape index (κ1) is 21.5. The number of rotatable bonds is 3. The SMILES string of the molecule is Cc1ccc2c(oc3c(-c4cc[c]([Ge]([CH3])([CH3])[CH3])cc4)c(C#N)ccc32)c1-c1cccc[n+]1C. The van der Waals surface area contributed by atoms with Gasteiger partial charge in [0.15, 0.2) is 0 Å². The predicted molar refractivity (Wildman–Crippen MR) is 138 cm³/mol. The molecule has 0 aliphatic rings. The molecular weight excluding hydrogens is 465 g/mol. The van der Waals surface area contributed by atoms with Gasteiger partial charge >= 0.3 is 192 Å². The van der Waals surface area contributed by atoms with E-state index >= 15 is 0 Å². The molecule has 0 atom stereocenters. The van der Waals surface area contributed by atoms with Gasteiger partial charge in [0.25, 0.3) is 0 Å². The molecular formula is C29H27GeN2O+. The Morgan fingerprint density at radius 3 is 2.12 bits per heavy atom. The van der Waals surface area contributed by atoms with E-state index in [1.165, 1.54) is 4.40 Å². The fourth-order valence-corrected chi connectivity index (χ4v) is 7.07. The van der Waals surface area contributed by atoms with Crippen LogP contribution in [0.25, 0.3) is 44.3 Å². The molecule has 0 radical (unpaired) electrons. The summed E-state index contributed by atoms with van der Waals surface area (Å²) in [5.74, 6) is 7.18. The van der Waals surface area contributed by atoms with Gasteiger partial charge in [-0.05, 0) is 0 Å². The van der Waals surface area contributed by atoms with Crippen molar-refractivity contribution < 1.29 is 8.98 Å². The summed E-state index contributed by atoms with van der Waals surface area (Å²) in [4.78, 5) is 0. The van der Waals surface area contributed by atoms with Gasteiger partial charge in [-0.25, -0.2) is 0 Å². The molecule has 2 heterocycles. The minimum absolute atomic E-state index is 0.634. The minimum atomic E-state index is -1.92. The number of nitriles is 1. The van der Waals surface area contributed by atoms with E-state index in [0.29, 0.717) is 5.56 Å². The van der Waals surface area contributed by atoms with E-state index in [9.17, 15) is 5.26 Å². The van der Waals surface area contributed by atoms with Crippen molar-refractivity contribution in [1.29, 1.82) is 5.26 Å². The number of nitrogens with zero attached hydrogens (tertiary/aromatic N) is 2. The normalized spacial score (nSPS) is 11.8. The third-order valence-corrected chi connectivity index (χ3v) is 10.8. The summed E-state index contributed by atoms with van der Waals surface area (Å²) in [5, 5.41) is 12.0. The maximum atomic E-state index is 9.93. The first-order chi connectivity index (χ1) is 15.8. The molecule has 0 aliphatic carbocycles. The molecule has 3 aromatic carbocycles. The van der Waals surface area contributed by atoms with Crippen molar-refractivity contribution in [2.75, 3.05) is 0 Å². The molecule has 0 aliphatic heterocycles. The summed E-state index contributed by atoms with van der Waals surface area (Å²) >= 11 is -1.92. The van der Waals surface area contributed by atoms with Crippen molar-refractivity contribution in [2.24, 2.45) is 7.05 Å². The fraction of sp³-hybridized carbons (Fsp3) is 0.172. The van der Waals surface area contributed by atoms with Crippen molar-refractivity contribution >= 4 is 39.6 Å². The monoisotopic (exact) mass is 493 g/mol. The van der Waals surface area contributed by atoms with Crippen LogP contribution in [0.3, 0.4) is 0 Å². The molecule has 162 valence electrons. The third kappa shape index (κ3) is 3.55. The standard InChI is InChI=1S/C29H27GeN2O/c1-19-9-15-23-24-16-12-21(18-31)27(20-10-13-22(14-11-20)30(2,3)4)29(24)33-28(23)26(19)25-8-6-7-17-32(25)5/h6-17H,1-5H3/q+1. The molecule has 0 spiro atoms. The van der Waals surface area contributed by atoms with E-state index in [4.69, 9.17) is 4.42 Å². The quantitative estimate of drug-likeness (QED) is 0.214. The number of aryl methyl sites for hydroxylation is 2. The molecule has 33 heavy (non-hydrogen) atoms. The summed E-state index contributed by atoms with van der Waals surface area (Å²) in [6.45, 7) is 2.12. The molecule has 0 fully saturated rings. The van der Waals surface area contributed by atoms with Crippen LogP contribution in [-0.4, -0.2) is 13.3 Å². The number of fused-ring (bicyclic) bond motifs is 3. The molecule has 0 unspecified atom stereocenters. The predicted octanol–water partition coefficient (Wildman–Crippen LogP) is 6.47. The van der Waals surface area contributed by atoms with Gasteiger partial charge in [-0.3, -0.25) is 0 Å². The fourth-order valence-electron chi connectivity index (χ4n) is 4.62. The van der Waals surface area contributed by atoms with Crippen LogP contribution in [0, 0.1) is 18.3 Å². The van der Waals surface area contributed by atoms with Crippen molar-refractivity contribution in [3.05, 3.63) is 84.1 Å². The summed E-state index contributed by atoms with van der Waals surface area (Å²) in [5.41, 5.74) is 7.52. The van der Waals surface area contributed by atoms with Crippen molar-refractivity contribution in [3.8, 4) is 28.5 Å². The van der Waals surface area contributed by atoms with Crippen LogP contribution in [0.5, 0.6) is 0 Å². The van der Waals surface area contributed by atoms with Crippen molar-refractivity contribution in [2.45, 2.75) is 24.2 Å². The zero-order chi connectivity index (χ0) is 23.3. The van der Waals surface area contributed by atoms with E-state index < -0.39 is 13.3 Å². The van der Waals surface area contributed by atoms with E-state index in [1.807, 2.05) is 18.2 Å². The molecule has 0 amide bonds. The topological polar surface area (TPSA) is 40.8 Å². The Kier molecular flexibility index (Phi) is 5.14. The summed E-state index contributed by atoms with van der Waals surface area (Å²) in [6, 6.07) is 25.6. The number of hydrogen-bond acceptors (Lipinski definition) is 2. The average Bonchev–Trinajstić information content (AvgIpc) is 3.17. The van der Waals surface area contributed by atoms with E-state index in [-0.39, 0.29) is 0 Å². The Morgan fingerprint density at radius 2 is 1.48 bits per heavy atom. The van der Waals surface area contributed by atoms with Crippen molar-refractivity contribution in [3.63, 3.8) is 0 Å². The van der Waals surface area contributed by atoms with Crippen LogP contribution in [0.15, 0.2) is 77.3 Å². The van der Waals surface area contributed by atoms with E-state index in [0.717, 1.165) is 49.9 Å². The number of furan rings is 1. The molecule has 0 N–H and O–H groups in total. The molecule has 5 aromatic rings. The third-order valence-electron chi connectivity index (χ3n) is 6.49. The van der Waals surface area contributed by atoms with Crippen LogP contribution in [0.1, 0.15) is 11.1 Å². The van der Waals surface area contributed by atoms with Gasteiger partial charge < -0.3 is 0 Å². The average molecular weight is 492 g/mol. The van der Waals surface area contributed by atoms with Gasteiger partial charge in [-0.1, -0.05) is 0 Å². The zero-order valence-corrected chi connectivity index (χ0v) is 21.8. The van der Waals surface area contributed by atoms with E-state index in [2.05, 4.69) is 96.6 Å². The molecule has 0 saturated heterocycles. The van der Waals surface area contributed by atoms with Crippen molar-refractivity contribution in [1.82, 2.24) is 0 Å². The zero-order valence-electron chi connectivity index (χ0n) is 19.7. The van der Waals surface area contributed by atoms with Crippen LogP contribution in [0.4, 0.5) is 0 Å². The van der Waals surface area contributed by atoms with Crippen LogP contribution in [-0.2, 0) is 7.05 Å². The Hall–Kier alpha value is -3.36. The number of benzene rings is 3. The molecule has 0 bridgehead atoms. The summed E-state index contributed by atoms with van der Waals surface area (Å²) in [6.07, 6.45) is 2.05. The molecule has 0 saturated carbocycles. The maximum absolute atomic E-state index is 9.93. The molecule has 3 nitrogen and oxygen atoms in total. The Morgan fingerprint density at radius 1 is 0.818 bits per heavy atom. The Bertz CT molecular complexity index is 1560. The number of aromatic nitrogens is 1. The molecule has 4 heteroatoms. The Balaban J connectivity index is 1.84. The first-order valence-corrected chi connectivity index (χ1v) is 18.6. The van der Waals surface area contributed by atoms with Gasteiger partial charge in [0, 0.05) is 6.07 Å². The molecule has 2 aromatic heterocycles. The second-order valence-corrected chi connectivity index (χ2v) is 20.4. The summed E-state index contributed by atoms with van der Waals surface area (Å²) in [7, 11) is 2.05. The second-order valence-electron chi connectivity index (χ2n) is 9.74. The van der Waals surface area contributed by atoms with Crippen LogP contribution >= 0.6 is 0 Å². The van der Waals surface area contributed by atoms with E-state index in [1.54, 1.807) is 0 Å². The second kappa shape index (κ2) is 7.90.